The fourth-order valence-electron chi connectivity index (χ4n) is 1.88. The van der Waals surface area contributed by atoms with E-state index in [0.717, 1.165) is 11.8 Å². The highest BCUT2D eigenvalue weighted by molar-refractivity contribution is 8.00. The van der Waals surface area contributed by atoms with Gasteiger partial charge < -0.3 is 14.2 Å². The summed E-state index contributed by atoms with van der Waals surface area (Å²) in [5, 5.41) is 10.1. The van der Waals surface area contributed by atoms with E-state index in [1.807, 2.05) is 0 Å². The number of amides is 1. The molecule has 0 saturated heterocycles. The number of carbonyl (C=O) groups excluding carboxylic acids is 1. The van der Waals surface area contributed by atoms with Crippen LogP contribution in [0.1, 0.15) is 12.5 Å². The SMILES string of the molecule is Cc1ccc(NC(=O)[C@@H](C)Sc2nnc(-c3ccco3)o2)cc1F. The third-order valence-electron chi connectivity index (χ3n) is 3.22. The zero-order valence-electron chi connectivity index (χ0n) is 12.9. The highest BCUT2D eigenvalue weighted by Crippen LogP contribution is 2.27. The van der Waals surface area contributed by atoms with Gasteiger partial charge in [-0.1, -0.05) is 17.8 Å². The zero-order valence-corrected chi connectivity index (χ0v) is 13.8. The standard InChI is InChI=1S/C16H14FN3O3S/c1-9-5-6-11(8-12(9)17)18-14(21)10(2)24-16-20-19-15(23-16)13-4-3-7-22-13/h3-8,10H,1-2H3,(H,18,21)/t10-/m1/s1. The van der Waals surface area contributed by atoms with E-state index in [1.165, 1.54) is 12.3 Å². The summed E-state index contributed by atoms with van der Waals surface area (Å²) in [5.41, 5.74) is 0.920. The van der Waals surface area contributed by atoms with Crippen LogP contribution in [0, 0.1) is 12.7 Å². The molecule has 8 heteroatoms. The van der Waals surface area contributed by atoms with E-state index < -0.39 is 5.25 Å². The van der Waals surface area contributed by atoms with Crippen molar-refractivity contribution in [1.29, 1.82) is 0 Å². The molecule has 0 saturated carbocycles. The number of benzene rings is 1. The first-order valence-electron chi connectivity index (χ1n) is 7.14. The van der Waals surface area contributed by atoms with Gasteiger partial charge in [-0.3, -0.25) is 4.79 Å². The minimum absolute atomic E-state index is 0.246. The van der Waals surface area contributed by atoms with Gasteiger partial charge in [0.05, 0.1) is 11.5 Å². The number of hydrogen-bond donors (Lipinski definition) is 1. The van der Waals surface area contributed by atoms with Crippen molar-refractivity contribution in [3.8, 4) is 11.7 Å². The summed E-state index contributed by atoms with van der Waals surface area (Å²) in [6.45, 7) is 3.35. The largest absolute Gasteiger partial charge is 0.459 e. The Morgan fingerprint density at radius 2 is 2.17 bits per heavy atom. The predicted octanol–water partition coefficient (Wildman–Crippen LogP) is 3.90. The van der Waals surface area contributed by atoms with Gasteiger partial charge in [-0.25, -0.2) is 4.39 Å². The van der Waals surface area contributed by atoms with E-state index in [0.29, 0.717) is 17.0 Å². The Morgan fingerprint density at radius 1 is 1.33 bits per heavy atom. The van der Waals surface area contributed by atoms with E-state index in [2.05, 4.69) is 15.5 Å². The van der Waals surface area contributed by atoms with Crippen LogP contribution < -0.4 is 5.32 Å². The van der Waals surface area contributed by atoms with E-state index in [1.54, 1.807) is 38.1 Å². The van der Waals surface area contributed by atoms with Gasteiger partial charge in [0, 0.05) is 5.69 Å². The Balaban J connectivity index is 1.62. The third-order valence-corrected chi connectivity index (χ3v) is 4.16. The van der Waals surface area contributed by atoms with Crippen molar-refractivity contribution in [3.63, 3.8) is 0 Å². The summed E-state index contributed by atoms with van der Waals surface area (Å²) in [7, 11) is 0. The molecule has 0 radical (unpaired) electrons. The molecule has 6 nitrogen and oxygen atoms in total. The van der Waals surface area contributed by atoms with Gasteiger partial charge in [-0.2, -0.15) is 0 Å². The van der Waals surface area contributed by atoms with Gasteiger partial charge in [0.15, 0.2) is 5.76 Å². The molecule has 1 aromatic carbocycles. The van der Waals surface area contributed by atoms with Crippen molar-refractivity contribution in [2.75, 3.05) is 5.32 Å². The summed E-state index contributed by atoms with van der Waals surface area (Å²) >= 11 is 1.11. The highest BCUT2D eigenvalue weighted by atomic mass is 32.2. The van der Waals surface area contributed by atoms with Crippen molar-refractivity contribution < 1.29 is 18.0 Å². The van der Waals surface area contributed by atoms with E-state index in [4.69, 9.17) is 8.83 Å². The molecule has 1 atom stereocenters. The smallest absolute Gasteiger partial charge is 0.284 e. The Bertz CT molecular complexity index is 848. The summed E-state index contributed by atoms with van der Waals surface area (Å²) in [4.78, 5) is 12.2. The molecular formula is C16H14FN3O3S. The van der Waals surface area contributed by atoms with Crippen LogP contribution in [0.2, 0.25) is 0 Å². The minimum Gasteiger partial charge on any atom is -0.459 e. The Labute approximate surface area is 141 Å². The average Bonchev–Trinajstić information content (AvgIpc) is 3.21. The number of carbonyl (C=O) groups is 1. The second-order valence-electron chi connectivity index (χ2n) is 5.06. The van der Waals surface area contributed by atoms with Crippen molar-refractivity contribution in [3.05, 3.63) is 48.0 Å². The van der Waals surface area contributed by atoms with Crippen molar-refractivity contribution in [2.45, 2.75) is 24.3 Å². The molecule has 1 N–H and O–H groups in total. The minimum atomic E-state index is -0.501. The van der Waals surface area contributed by atoms with Crippen molar-refractivity contribution in [2.24, 2.45) is 0 Å². The zero-order chi connectivity index (χ0) is 17.1. The number of hydrogen-bond acceptors (Lipinski definition) is 6. The monoisotopic (exact) mass is 347 g/mol. The van der Waals surface area contributed by atoms with Gasteiger partial charge >= 0.3 is 0 Å². The number of aromatic nitrogens is 2. The normalized spacial score (nSPS) is 12.1. The maximum Gasteiger partial charge on any atom is 0.284 e. The molecule has 124 valence electrons. The van der Waals surface area contributed by atoms with Gasteiger partial charge in [0.2, 0.25) is 5.91 Å². The molecule has 0 spiro atoms. The summed E-state index contributed by atoms with van der Waals surface area (Å²) in [6, 6.07) is 7.95. The first-order valence-corrected chi connectivity index (χ1v) is 8.02. The number of furan rings is 1. The molecule has 3 aromatic rings. The molecule has 2 aromatic heterocycles. The van der Waals surface area contributed by atoms with Crippen molar-refractivity contribution in [1.82, 2.24) is 10.2 Å². The van der Waals surface area contributed by atoms with E-state index in [9.17, 15) is 9.18 Å². The second kappa shape index (κ2) is 6.88. The molecular weight excluding hydrogens is 333 g/mol. The number of thioether (sulfide) groups is 1. The summed E-state index contributed by atoms with van der Waals surface area (Å²) in [6.07, 6.45) is 1.50. The summed E-state index contributed by atoms with van der Waals surface area (Å²) < 4.78 is 24.1. The average molecular weight is 347 g/mol. The molecule has 3 rings (SSSR count). The molecule has 1 amide bonds. The maximum atomic E-state index is 13.5. The highest BCUT2D eigenvalue weighted by Gasteiger charge is 2.19. The van der Waals surface area contributed by atoms with Crippen LogP contribution in [0.25, 0.3) is 11.7 Å². The lowest BCUT2D eigenvalue weighted by Gasteiger charge is -2.10. The van der Waals surface area contributed by atoms with Gasteiger partial charge in [0.25, 0.3) is 11.1 Å². The van der Waals surface area contributed by atoms with Crippen LogP contribution in [0.3, 0.4) is 0 Å². The molecule has 0 unspecified atom stereocenters. The number of rotatable bonds is 5. The fraction of sp³-hybridized carbons (Fsp3) is 0.188. The molecule has 2 heterocycles. The lowest BCUT2D eigenvalue weighted by molar-refractivity contribution is -0.115. The van der Waals surface area contributed by atoms with Crippen LogP contribution in [0.4, 0.5) is 10.1 Å². The summed E-state index contributed by atoms with van der Waals surface area (Å²) in [5.74, 6) is 0.0476. The molecule has 0 fully saturated rings. The predicted molar refractivity (Wildman–Crippen MR) is 87.1 cm³/mol. The molecule has 0 bridgehead atoms. The lowest BCUT2D eigenvalue weighted by Crippen LogP contribution is -2.22. The number of aryl methyl sites for hydroxylation is 1. The Morgan fingerprint density at radius 3 is 2.88 bits per heavy atom. The van der Waals surface area contributed by atoms with Crippen LogP contribution >= 0.6 is 11.8 Å². The number of anilines is 1. The number of nitrogens with zero attached hydrogens (tertiary/aromatic N) is 2. The molecule has 0 aliphatic heterocycles. The lowest BCUT2D eigenvalue weighted by atomic mass is 10.2. The molecule has 0 aliphatic rings. The maximum absolute atomic E-state index is 13.5. The number of nitrogens with one attached hydrogen (secondary N) is 1. The Hall–Kier alpha value is -2.61. The topological polar surface area (TPSA) is 81.2 Å². The van der Waals surface area contributed by atoms with Crippen LogP contribution in [-0.4, -0.2) is 21.4 Å². The first kappa shape index (κ1) is 16.3. The van der Waals surface area contributed by atoms with Crippen molar-refractivity contribution >= 4 is 23.4 Å². The van der Waals surface area contributed by atoms with Gasteiger partial charge in [-0.15, -0.1) is 10.2 Å². The third kappa shape index (κ3) is 3.65. The second-order valence-corrected chi connectivity index (χ2v) is 6.36. The number of halogens is 1. The van der Waals surface area contributed by atoms with Gasteiger partial charge in [0.1, 0.15) is 5.82 Å². The van der Waals surface area contributed by atoms with E-state index >= 15 is 0 Å². The quantitative estimate of drug-likeness (QED) is 0.705. The Kier molecular flexibility index (Phi) is 4.66. The fourth-order valence-corrected chi connectivity index (χ4v) is 2.56. The first-order chi connectivity index (χ1) is 11.5. The van der Waals surface area contributed by atoms with Crippen LogP contribution in [0.5, 0.6) is 0 Å². The van der Waals surface area contributed by atoms with E-state index in [-0.39, 0.29) is 22.8 Å². The van der Waals surface area contributed by atoms with Gasteiger partial charge in [-0.05, 0) is 43.7 Å². The van der Waals surface area contributed by atoms with Crippen LogP contribution in [-0.2, 0) is 4.79 Å². The van der Waals surface area contributed by atoms with Crippen LogP contribution in [0.15, 0.2) is 50.7 Å². The molecule has 24 heavy (non-hydrogen) atoms. The molecule has 0 aliphatic carbocycles.